The lowest BCUT2D eigenvalue weighted by Crippen LogP contribution is -2.11. The van der Waals surface area contributed by atoms with Crippen molar-refractivity contribution in [2.75, 3.05) is 0 Å². The Kier molecular flexibility index (Phi) is 3.54. The molecule has 2 N–H and O–H groups in total. The van der Waals surface area contributed by atoms with E-state index in [0.717, 1.165) is 17.3 Å². The number of hydrogen-bond acceptors (Lipinski definition) is 1. The predicted octanol–water partition coefficient (Wildman–Crippen LogP) is 4.62. The van der Waals surface area contributed by atoms with Crippen LogP contribution in [0.1, 0.15) is 18.4 Å². The highest BCUT2D eigenvalue weighted by atomic mass is 79.9. The van der Waals surface area contributed by atoms with E-state index in [2.05, 4.69) is 64.5 Å². The molecule has 1 nitrogen and oxygen atoms in total. The summed E-state index contributed by atoms with van der Waals surface area (Å²) in [4.78, 5) is 0. The zero-order chi connectivity index (χ0) is 13.2. The minimum absolute atomic E-state index is 0.236. The second-order valence-corrected chi connectivity index (χ2v) is 5.90. The second-order valence-electron chi connectivity index (χ2n) is 4.98. The monoisotopic (exact) mass is 313 g/mol. The first-order valence-corrected chi connectivity index (χ1v) is 7.34. The molecule has 0 saturated heterocycles. The minimum Gasteiger partial charge on any atom is -0.324 e. The summed E-state index contributed by atoms with van der Waals surface area (Å²) in [5.41, 5.74) is 11.1. The van der Waals surface area contributed by atoms with Crippen molar-refractivity contribution in [1.82, 2.24) is 0 Å². The summed E-state index contributed by atoms with van der Waals surface area (Å²) >= 11 is 3.51. The summed E-state index contributed by atoms with van der Waals surface area (Å²) in [7, 11) is 0. The fourth-order valence-corrected chi connectivity index (χ4v) is 2.93. The lowest BCUT2D eigenvalue weighted by atomic mass is 10.0. The molecule has 0 aromatic heterocycles. The topological polar surface area (TPSA) is 26.0 Å². The average molecular weight is 314 g/mol. The Bertz CT molecular complexity index is 613. The number of rotatable bonds is 2. The molecule has 0 saturated carbocycles. The molecule has 1 atom stereocenters. The van der Waals surface area contributed by atoms with Crippen molar-refractivity contribution in [3.8, 4) is 11.1 Å². The van der Waals surface area contributed by atoms with Crippen molar-refractivity contribution in [1.29, 1.82) is 0 Å². The third-order valence-corrected chi connectivity index (χ3v) is 4.07. The van der Waals surface area contributed by atoms with Gasteiger partial charge in [-0.1, -0.05) is 58.4 Å². The summed E-state index contributed by atoms with van der Waals surface area (Å²) in [6.45, 7) is 0. The van der Waals surface area contributed by atoms with Gasteiger partial charge in [-0.05, 0) is 47.2 Å². The molecule has 0 amide bonds. The Morgan fingerprint density at radius 1 is 0.947 bits per heavy atom. The SMILES string of the molecule is NC1C=C(c2ccc(-c3cccc(Br)c3)cc2)CC1. The minimum atomic E-state index is 0.236. The Morgan fingerprint density at radius 3 is 2.32 bits per heavy atom. The number of allylic oxidation sites excluding steroid dienone is 1. The maximum Gasteiger partial charge on any atom is 0.0232 e. The van der Waals surface area contributed by atoms with Crippen molar-refractivity contribution in [2.24, 2.45) is 5.73 Å². The summed E-state index contributed by atoms with van der Waals surface area (Å²) in [5.74, 6) is 0. The van der Waals surface area contributed by atoms with Gasteiger partial charge in [0.1, 0.15) is 0 Å². The molecule has 0 fully saturated rings. The Balaban J connectivity index is 1.89. The van der Waals surface area contributed by atoms with Crippen molar-refractivity contribution in [2.45, 2.75) is 18.9 Å². The summed E-state index contributed by atoms with van der Waals surface area (Å²) in [6, 6.07) is 17.4. The molecule has 0 radical (unpaired) electrons. The second kappa shape index (κ2) is 5.32. The molecular weight excluding hydrogens is 298 g/mol. The van der Waals surface area contributed by atoms with E-state index in [1.807, 2.05) is 6.07 Å². The quantitative estimate of drug-likeness (QED) is 0.860. The molecule has 0 heterocycles. The maximum atomic E-state index is 5.92. The van der Waals surface area contributed by atoms with Crippen LogP contribution in [0.3, 0.4) is 0 Å². The zero-order valence-electron chi connectivity index (χ0n) is 10.6. The van der Waals surface area contributed by atoms with Gasteiger partial charge in [0.2, 0.25) is 0 Å². The van der Waals surface area contributed by atoms with Crippen molar-refractivity contribution >= 4 is 21.5 Å². The normalized spacial score (nSPS) is 18.4. The van der Waals surface area contributed by atoms with E-state index in [-0.39, 0.29) is 6.04 Å². The molecule has 96 valence electrons. The van der Waals surface area contributed by atoms with Crippen LogP contribution < -0.4 is 5.73 Å². The molecule has 0 aliphatic heterocycles. The molecule has 0 bridgehead atoms. The van der Waals surface area contributed by atoms with Gasteiger partial charge in [-0.25, -0.2) is 0 Å². The lowest BCUT2D eigenvalue weighted by molar-refractivity contribution is 0.782. The van der Waals surface area contributed by atoms with Gasteiger partial charge in [-0.3, -0.25) is 0 Å². The van der Waals surface area contributed by atoms with E-state index in [9.17, 15) is 0 Å². The first-order chi connectivity index (χ1) is 9.22. The Labute approximate surface area is 122 Å². The van der Waals surface area contributed by atoms with Crippen LogP contribution in [0.15, 0.2) is 59.1 Å². The van der Waals surface area contributed by atoms with E-state index in [1.54, 1.807) is 0 Å². The maximum absolute atomic E-state index is 5.92. The summed E-state index contributed by atoms with van der Waals surface area (Å²) in [6.07, 6.45) is 4.36. The highest BCUT2D eigenvalue weighted by Crippen LogP contribution is 2.29. The molecular formula is C17H16BrN. The van der Waals surface area contributed by atoms with Crippen LogP contribution in [0.2, 0.25) is 0 Å². The molecule has 2 heteroatoms. The van der Waals surface area contributed by atoms with Gasteiger partial charge in [0.25, 0.3) is 0 Å². The van der Waals surface area contributed by atoms with Gasteiger partial charge < -0.3 is 5.73 Å². The Morgan fingerprint density at radius 2 is 1.68 bits per heavy atom. The number of halogens is 1. The largest absolute Gasteiger partial charge is 0.324 e. The van der Waals surface area contributed by atoms with E-state index in [4.69, 9.17) is 5.73 Å². The van der Waals surface area contributed by atoms with Crippen LogP contribution in [-0.2, 0) is 0 Å². The highest BCUT2D eigenvalue weighted by molar-refractivity contribution is 9.10. The van der Waals surface area contributed by atoms with Gasteiger partial charge in [0.15, 0.2) is 0 Å². The first-order valence-electron chi connectivity index (χ1n) is 6.55. The van der Waals surface area contributed by atoms with Crippen LogP contribution >= 0.6 is 15.9 Å². The molecule has 1 aliphatic rings. The van der Waals surface area contributed by atoms with Crippen LogP contribution in [0.4, 0.5) is 0 Å². The lowest BCUT2D eigenvalue weighted by Gasteiger charge is -2.06. The smallest absolute Gasteiger partial charge is 0.0232 e. The van der Waals surface area contributed by atoms with E-state index in [0.29, 0.717) is 0 Å². The molecule has 1 unspecified atom stereocenters. The molecule has 3 rings (SSSR count). The molecule has 2 aromatic carbocycles. The standard InChI is InChI=1S/C17H16BrN/c18-16-3-1-2-14(10-16)12-4-6-13(7-5-12)15-8-9-17(19)11-15/h1-7,10-11,17H,8-9,19H2. The average Bonchev–Trinajstić information content (AvgIpc) is 2.86. The van der Waals surface area contributed by atoms with Crippen LogP contribution in [-0.4, -0.2) is 6.04 Å². The van der Waals surface area contributed by atoms with Crippen LogP contribution in [0.25, 0.3) is 16.7 Å². The van der Waals surface area contributed by atoms with Crippen molar-refractivity contribution in [3.63, 3.8) is 0 Å². The van der Waals surface area contributed by atoms with Gasteiger partial charge in [-0.15, -0.1) is 0 Å². The van der Waals surface area contributed by atoms with Crippen LogP contribution in [0, 0.1) is 0 Å². The van der Waals surface area contributed by atoms with E-state index in [1.165, 1.54) is 22.3 Å². The third kappa shape index (κ3) is 2.80. The van der Waals surface area contributed by atoms with Gasteiger partial charge in [0.05, 0.1) is 0 Å². The van der Waals surface area contributed by atoms with E-state index >= 15 is 0 Å². The highest BCUT2D eigenvalue weighted by Gasteiger charge is 2.13. The zero-order valence-corrected chi connectivity index (χ0v) is 12.2. The fourth-order valence-electron chi connectivity index (χ4n) is 2.53. The molecule has 0 spiro atoms. The number of benzene rings is 2. The molecule has 19 heavy (non-hydrogen) atoms. The number of hydrogen-bond donors (Lipinski definition) is 1. The van der Waals surface area contributed by atoms with Gasteiger partial charge >= 0.3 is 0 Å². The molecule has 1 aliphatic carbocycles. The summed E-state index contributed by atoms with van der Waals surface area (Å²) < 4.78 is 1.11. The molecule has 2 aromatic rings. The van der Waals surface area contributed by atoms with Crippen molar-refractivity contribution in [3.05, 3.63) is 64.6 Å². The predicted molar refractivity (Wildman–Crippen MR) is 84.8 cm³/mol. The van der Waals surface area contributed by atoms with Gasteiger partial charge in [-0.2, -0.15) is 0 Å². The van der Waals surface area contributed by atoms with Crippen LogP contribution in [0.5, 0.6) is 0 Å². The summed E-state index contributed by atoms with van der Waals surface area (Å²) in [5, 5.41) is 0. The van der Waals surface area contributed by atoms with E-state index < -0.39 is 0 Å². The third-order valence-electron chi connectivity index (χ3n) is 3.58. The van der Waals surface area contributed by atoms with Gasteiger partial charge in [0, 0.05) is 10.5 Å². The number of nitrogens with two attached hydrogens (primary N) is 1. The Hall–Kier alpha value is -1.38. The first kappa shape index (κ1) is 12.6. The van der Waals surface area contributed by atoms with Crippen molar-refractivity contribution < 1.29 is 0 Å². The fraction of sp³-hybridized carbons (Fsp3) is 0.176.